The summed E-state index contributed by atoms with van der Waals surface area (Å²) in [5.74, 6) is 0.363. The van der Waals surface area contributed by atoms with Crippen molar-refractivity contribution in [3.8, 4) is 5.75 Å². The van der Waals surface area contributed by atoms with Crippen LogP contribution in [-0.4, -0.2) is 36.6 Å². The van der Waals surface area contributed by atoms with E-state index in [1.165, 1.54) is 17.9 Å². The second-order valence-electron chi connectivity index (χ2n) is 7.11. The highest BCUT2D eigenvalue weighted by molar-refractivity contribution is 8.09. The predicted molar refractivity (Wildman–Crippen MR) is 116 cm³/mol. The SMILES string of the molecule is CS(=O)(=O)CCCCc1cccc(C2=CCC(C(=O)c3cccc(O)c3)S2)c1. The normalized spacial score (nSPS) is 16.8. The van der Waals surface area contributed by atoms with Gasteiger partial charge in [-0.15, -0.1) is 11.8 Å². The first kappa shape index (κ1) is 20.7. The number of hydrogen-bond acceptors (Lipinski definition) is 5. The lowest BCUT2D eigenvalue weighted by atomic mass is 10.0. The Hall–Kier alpha value is -2.05. The van der Waals surface area contributed by atoms with Crippen LogP contribution in [0.3, 0.4) is 0 Å². The zero-order valence-corrected chi connectivity index (χ0v) is 17.4. The molecule has 1 N–H and O–H groups in total. The number of phenols is 1. The van der Waals surface area contributed by atoms with Gasteiger partial charge in [-0.1, -0.05) is 42.5 Å². The molecule has 1 heterocycles. The average Bonchev–Trinajstić information content (AvgIpc) is 3.14. The van der Waals surface area contributed by atoms with Crippen molar-refractivity contribution < 1.29 is 18.3 Å². The van der Waals surface area contributed by atoms with Crippen LogP contribution in [0.2, 0.25) is 0 Å². The molecule has 0 fully saturated rings. The molecule has 0 saturated heterocycles. The maximum absolute atomic E-state index is 12.7. The van der Waals surface area contributed by atoms with Crippen LogP contribution in [-0.2, 0) is 16.3 Å². The molecule has 28 heavy (non-hydrogen) atoms. The van der Waals surface area contributed by atoms with Crippen LogP contribution < -0.4 is 0 Å². The van der Waals surface area contributed by atoms with E-state index in [-0.39, 0.29) is 22.5 Å². The molecule has 1 atom stereocenters. The van der Waals surface area contributed by atoms with Gasteiger partial charge in [0.1, 0.15) is 15.6 Å². The smallest absolute Gasteiger partial charge is 0.176 e. The molecular weight excluding hydrogens is 392 g/mol. The van der Waals surface area contributed by atoms with Crippen LogP contribution in [0.5, 0.6) is 5.75 Å². The van der Waals surface area contributed by atoms with Crippen LogP contribution >= 0.6 is 11.8 Å². The number of unbranched alkanes of at least 4 members (excludes halogenated alkanes) is 1. The van der Waals surface area contributed by atoms with Gasteiger partial charge in [0, 0.05) is 22.5 Å². The number of allylic oxidation sites excluding steroid dienone is 1. The second-order valence-corrected chi connectivity index (χ2v) is 10.6. The average molecular weight is 417 g/mol. The maximum Gasteiger partial charge on any atom is 0.176 e. The Bertz CT molecular complexity index is 993. The fraction of sp³-hybridized carbons (Fsp3) is 0.318. The number of thioether (sulfide) groups is 1. The lowest BCUT2D eigenvalue weighted by Gasteiger charge is -2.10. The first-order chi connectivity index (χ1) is 13.3. The summed E-state index contributed by atoms with van der Waals surface area (Å²) in [6.45, 7) is 0. The minimum absolute atomic E-state index is 0.0316. The van der Waals surface area contributed by atoms with Crippen molar-refractivity contribution >= 4 is 32.3 Å². The van der Waals surface area contributed by atoms with Crippen LogP contribution in [0.4, 0.5) is 0 Å². The van der Waals surface area contributed by atoms with Gasteiger partial charge in [-0.3, -0.25) is 4.79 Å². The van der Waals surface area contributed by atoms with Gasteiger partial charge in [-0.05, 0) is 48.9 Å². The number of ketones is 1. The summed E-state index contributed by atoms with van der Waals surface area (Å²) in [5.41, 5.74) is 2.80. The fourth-order valence-corrected chi connectivity index (χ4v) is 5.15. The van der Waals surface area contributed by atoms with Crippen LogP contribution in [0, 0.1) is 0 Å². The van der Waals surface area contributed by atoms with Gasteiger partial charge >= 0.3 is 0 Å². The van der Waals surface area contributed by atoms with E-state index in [9.17, 15) is 18.3 Å². The number of hydrogen-bond donors (Lipinski definition) is 1. The number of rotatable bonds is 8. The van der Waals surface area contributed by atoms with Crippen molar-refractivity contribution in [2.45, 2.75) is 30.9 Å². The van der Waals surface area contributed by atoms with Gasteiger partial charge in [0.05, 0.1) is 5.25 Å². The molecule has 148 valence electrons. The van der Waals surface area contributed by atoms with E-state index in [1.807, 2.05) is 12.1 Å². The van der Waals surface area contributed by atoms with Gasteiger partial charge in [0.2, 0.25) is 0 Å². The minimum Gasteiger partial charge on any atom is -0.508 e. The first-order valence-corrected chi connectivity index (χ1v) is 12.2. The quantitative estimate of drug-likeness (QED) is 0.507. The van der Waals surface area contributed by atoms with Gasteiger partial charge < -0.3 is 5.11 Å². The van der Waals surface area contributed by atoms with Crippen molar-refractivity contribution in [2.75, 3.05) is 12.0 Å². The number of benzene rings is 2. The minimum atomic E-state index is -2.90. The number of aromatic hydroxyl groups is 1. The van der Waals surface area contributed by atoms with Crippen LogP contribution in [0.1, 0.15) is 40.7 Å². The fourth-order valence-electron chi connectivity index (χ4n) is 3.23. The summed E-state index contributed by atoms with van der Waals surface area (Å²) in [5, 5.41) is 9.42. The Morgan fingerprint density at radius 1 is 1.14 bits per heavy atom. The Kier molecular flexibility index (Phi) is 6.62. The molecule has 0 aliphatic carbocycles. The number of Topliss-reactive ketones (excluding diaryl/α,β-unsaturated/α-hetero) is 1. The van der Waals surface area contributed by atoms with E-state index < -0.39 is 9.84 Å². The summed E-state index contributed by atoms with van der Waals surface area (Å²) in [6.07, 6.45) is 6.38. The number of carbonyl (C=O) groups excluding carboxylic acids is 1. The molecule has 0 bridgehead atoms. The molecule has 1 aliphatic heterocycles. The molecule has 0 saturated carbocycles. The van der Waals surface area contributed by atoms with Gasteiger partial charge in [0.15, 0.2) is 5.78 Å². The molecule has 2 aromatic carbocycles. The molecule has 0 radical (unpaired) electrons. The van der Waals surface area contributed by atoms with E-state index in [4.69, 9.17) is 0 Å². The predicted octanol–water partition coefficient (Wildman–Crippen LogP) is 4.49. The van der Waals surface area contributed by atoms with Gasteiger partial charge in [0.25, 0.3) is 0 Å². The Labute approximate surface area is 170 Å². The summed E-state index contributed by atoms with van der Waals surface area (Å²) >= 11 is 1.56. The maximum atomic E-state index is 12.7. The van der Waals surface area contributed by atoms with Gasteiger partial charge in [-0.2, -0.15) is 0 Å². The van der Waals surface area contributed by atoms with Gasteiger partial charge in [-0.25, -0.2) is 8.42 Å². The molecule has 1 unspecified atom stereocenters. The molecular formula is C22H24O4S2. The monoisotopic (exact) mass is 416 g/mol. The highest BCUT2D eigenvalue weighted by Crippen LogP contribution is 2.41. The highest BCUT2D eigenvalue weighted by atomic mass is 32.2. The number of aryl methyl sites for hydroxylation is 1. The molecule has 1 aliphatic rings. The first-order valence-electron chi connectivity index (χ1n) is 9.29. The van der Waals surface area contributed by atoms with Crippen molar-refractivity contribution in [3.05, 3.63) is 71.3 Å². The molecule has 0 aromatic heterocycles. The topological polar surface area (TPSA) is 71.4 Å². The van der Waals surface area contributed by atoms with Crippen molar-refractivity contribution in [1.29, 1.82) is 0 Å². The Morgan fingerprint density at radius 2 is 1.93 bits per heavy atom. The van der Waals surface area contributed by atoms with Crippen molar-refractivity contribution in [2.24, 2.45) is 0 Å². The standard InChI is InChI=1S/C22H24O4S2/c1-28(25,26)13-3-2-6-16-7-4-8-17(14-16)20-11-12-21(27-20)22(24)18-9-5-10-19(23)15-18/h4-5,7-11,14-15,21,23H,2-3,6,12-13H2,1H3. The van der Waals surface area contributed by atoms with Crippen molar-refractivity contribution in [3.63, 3.8) is 0 Å². The van der Waals surface area contributed by atoms with E-state index in [1.54, 1.807) is 30.0 Å². The molecule has 0 spiro atoms. The lowest BCUT2D eigenvalue weighted by Crippen LogP contribution is -2.14. The molecule has 4 nitrogen and oxygen atoms in total. The third-order valence-corrected chi connectivity index (χ3v) is 7.03. The summed E-state index contributed by atoms with van der Waals surface area (Å²) < 4.78 is 22.5. The van der Waals surface area contributed by atoms with Crippen LogP contribution in [0.15, 0.2) is 54.6 Å². The number of carbonyl (C=O) groups is 1. The third-order valence-electron chi connectivity index (χ3n) is 4.65. The Balaban J connectivity index is 1.60. The van der Waals surface area contributed by atoms with E-state index in [0.717, 1.165) is 23.3 Å². The molecule has 0 amide bonds. The molecule has 2 aromatic rings. The zero-order valence-electron chi connectivity index (χ0n) is 15.8. The second kappa shape index (κ2) is 8.97. The number of sulfone groups is 1. The molecule has 6 heteroatoms. The molecule has 3 rings (SSSR count). The Morgan fingerprint density at radius 3 is 2.68 bits per heavy atom. The summed E-state index contributed by atoms with van der Waals surface area (Å²) in [6, 6.07) is 14.7. The van der Waals surface area contributed by atoms with E-state index in [2.05, 4.69) is 18.2 Å². The third kappa shape index (κ3) is 5.72. The van der Waals surface area contributed by atoms with Crippen molar-refractivity contribution in [1.82, 2.24) is 0 Å². The number of phenolic OH excluding ortho intramolecular Hbond substituents is 1. The summed E-state index contributed by atoms with van der Waals surface area (Å²) in [4.78, 5) is 13.8. The van der Waals surface area contributed by atoms with Crippen LogP contribution in [0.25, 0.3) is 4.91 Å². The zero-order chi connectivity index (χ0) is 20.1. The summed E-state index contributed by atoms with van der Waals surface area (Å²) in [7, 11) is -2.90. The lowest BCUT2D eigenvalue weighted by molar-refractivity contribution is 0.0990. The highest BCUT2D eigenvalue weighted by Gasteiger charge is 2.26. The van der Waals surface area contributed by atoms with E-state index >= 15 is 0 Å². The van der Waals surface area contributed by atoms with E-state index in [0.29, 0.717) is 18.4 Å². The largest absolute Gasteiger partial charge is 0.508 e.